The molecule has 19 heavy (non-hydrogen) atoms. The van der Waals surface area contributed by atoms with E-state index in [1.54, 1.807) is 0 Å². The van der Waals surface area contributed by atoms with E-state index in [0.29, 0.717) is 11.5 Å². The summed E-state index contributed by atoms with van der Waals surface area (Å²) < 4.78 is 1.40. The minimum absolute atomic E-state index is 0.474. The summed E-state index contributed by atoms with van der Waals surface area (Å²) in [6.07, 6.45) is 5.57. The zero-order chi connectivity index (χ0) is 13.3. The van der Waals surface area contributed by atoms with Crippen LogP contribution in [0.15, 0.2) is 30.3 Å². The lowest BCUT2D eigenvalue weighted by molar-refractivity contribution is 0.120. The largest absolute Gasteiger partial charge is 0.309 e. The summed E-state index contributed by atoms with van der Waals surface area (Å²) in [6.45, 7) is 5.82. The Morgan fingerprint density at radius 1 is 1.32 bits per heavy atom. The molecule has 1 fully saturated rings. The van der Waals surface area contributed by atoms with E-state index in [1.165, 1.54) is 47.2 Å². The van der Waals surface area contributed by atoms with Crippen LogP contribution in [0.1, 0.15) is 50.4 Å². The monoisotopic (exact) mass is 273 g/mol. The lowest BCUT2D eigenvalue weighted by Crippen LogP contribution is -2.40. The summed E-state index contributed by atoms with van der Waals surface area (Å²) in [5.74, 6) is 0. The standard InChI is InChI=1S/C17H23NS/c1-3-17(9-6-10-17)12-18-13(2)16-11-14-7-4-5-8-15(14)19-16/h4-5,7-8,11,13,18H,3,6,9-10,12H2,1-2H3. The van der Waals surface area contributed by atoms with Gasteiger partial charge in [-0.1, -0.05) is 31.5 Å². The molecule has 0 spiro atoms. The molecule has 0 radical (unpaired) electrons. The van der Waals surface area contributed by atoms with Crippen LogP contribution in [0.3, 0.4) is 0 Å². The van der Waals surface area contributed by atoms with Gasteiger partial charge in [0.1, 0.15) is 0 Å². The van der Waals surface area contributed by atoms with Gasteiger partial charge in [0.05, 0.1) is 0 Å². The number of fused-ring (bicyclic) bond motifs is 1. The number of hydrogen-bond donors (Lipinski definition) is 1. The molecule has 0 bridgehead atoms. The molecule has 1 atom stereocenters. The predicted octanol–water partition coefficient (Wildman–Crippen LogP) is 5.13. The summed E-state index contributed by atoms with van der Waals surface area (Å²) in [7, 11) is 0. The molecule has 1 heterocycles. The van der Waals surface area contributed by atoms with Crippen molar-refractivity contribution >= 4 is 21.4 Å². The number of thiophene rings is 1. The molecule has 3 rings (SSSR count). The molecule has 1 aromatic carbocycles. The Morgan fingerprint density at radius 2 is 2.11 bits per heavy atom. The fraction of sp³-hybridized carbons (Fsp3) is 0.529. The van der Waals surface area contributed by atoms with Gasteiger partial charge in [-0.05, 0) is 49.1 Å². The lowest BCUT2D eigenvalue weighted by atomic mass is 9.67. The molecule has 1 aromatic heterocycles. The van der Waals surface area contributed by atoms with Crippen LogP contribution >= 0.6 is 11.3 Å². The van der Waals surface area contributed by atoms with Crippen molar-refractivity contribution in [1.29, 1.82) is 0 Å². The van der Waals surface area contributed by atoms with Crippen molar-refractivity contribution in [2.24, 2.45) is 5.41 Å². The Balaban J connectivity index is 1.68. The molecule has 1 saturated carbocycles. The summed E-state index contributed by atoms with van der Waals surface area (Å²) in [4.78, 5) is 1.46. The van der Waals surface area contributed by atoms with Crippen LogP contribution in [-0.4, -0.2) is 6.54 Å². The van der Waals surface area contributed by atoms with Gasteiger partial charge >= 0.3 is 0 Å². The van der Waals surface area contributed by atoms with E-state index in [2.05, 4.69) is 49.5 Å². The first kappa shape index (κ1) is 13.1. The maximum absolute atomic E-state index is 3.76. The number of nitrogens with one attached hydrogen (secondary N) is 1. The Hall–Kier alpha value is -0.860. The fourth-order valence-corrected chi connectivity index (χ4v) is 4.11. The maximum atomic E-state index is 3.76. The highest BCUT2D eigenvalue weighted by Gasteiger charge is 2.34. The lowest BCUT2D eigenvalue weighted by Gasteiger charge is -2.42. The van der Waals surface area contributed by atoms with E-state index in [1.807, 2.05) is 11.3 Å². The number of hydrogen-bond acceptors (Lipinski definition) is 2. The van der Waals surface area contributed by atoms with Crippen molar-refractivity contribution < 1.29 is 0 Å². The molecule has 1 aliphatic carbocycles. The van der Waals surface area contributed by atoms with Crippen molar-refractivity contribution in [2.45, 2.75) is 45.6 Å². The average molecular weight is 273 g/mol. The molecule has 0 aliphatic heterocycles. The Labute approximate surface area is 120 Å². The quantitative estimate of drug-likeness (QED) is 0.796. The molecular weight excluding hydrogens is 250 g/mol. The smallest absolute Gasteiger partial charge is 0.0386 e. The average Bonchev–Trinajstić information content (AvgIpc) is 2.81. The summed E-state index contributed by atoms with van der Waals surface area (Å²) in [5.41, 5.74) is 0.602. The molecule has 1 N–H and O–H groups in total. The van der Waals surface area contributed by atoms with Crippen LogP contribution in [0.4, 0.5) is 0 Å². The third kappa shape index (κ3) is 2.56. The second-order valence-corrected chi connectivity index (χ2v) is 7.11. The third-order valence-electron chi connectivity index (χ3n) is 4.82. The highest BCUT2D eigenvalue weighted by atomic mass is 32.1. The van der Waals surface area contributed by atoms with Crippen LogP contribution in [0, 0.1) is 5.41 Å². The molecular formula is C17H23NS. The van der Waals surface area contributed by atoms with E-state index in [0.717, 1.165) is 0 Å². The van der Waals surface area contributed by atoms with E-state index >= 15 is 0 Å². The molecule has 1 unspecified atom stereocenters. The summed E-state index contributed by atoms with van der Waals surface area (Å²) >= 11 is 1.93. The second-order valence-electron chi connectivity index (χ2n) is 6.00. The van der Waals surface area contributed by atoms with Crippen LogP contribution < -0.4 is 5.32 Å². The molecule has 1 aliphatic rings. The maximum Gasteiger partial charge on any atom is 0.0386 e. The van der Waals surface area contributed by atoms with Crippen LogP contribution in [0.2, 0.25) is 0 Å². The van der Waals surface area contributed by atoms with E-state index in [4.69, 9.17) is 0 Å². The Kier molecular flexibility index (Phi) is 3.64. The molecule has 1 nitrogen and oxygen atoms in total. The Bertz CT molecular complexity index is 515. The van der Waals surface area contributed by atoms with Gasteiger partial charge in [-0.15, -0.1) is 11.3 Å². The van der Waals surface area contributed by atoms with Crippen LogP contribution in [-0.2, 0) is 0 Å². The number of rotatable bonds is 5. The van der Waals surface area contributed by atoms with E-state index in [-0.39, 0.29) is 0 Å². The summed E-state index contributed by atoms with van der Waals surface area (Å²) in [6, 6.07) is 11.5. The van der Waals surface area contributed by atoms with Crippen molar-refractivity contribution in [1.82, 2.24) is 5.32 Å². The predicted molar refractivity (Wildman–Crippen MR) is 84.8 cm³/mol. The first-order valence-corrected chi connectivity index (χ1v) is 8.26. The van der Waals surface area contributed by atoms with Crippen molar-refractivity contribution in [3.63, 3.8) is 0 Å². The minimum atomic E-state index is 0.474. The van der Waals surface area contributed by atoms with Crippen molar-refractivity contribution in [2.75, 3.05) is 6.54 Å². The molecule has 2 aromatic rings. The Morgan fingerprint density at radius 3 is 2.74 bits per heavy atom. The van der Waals surface area contributed by atoms with Gasteiger partial charge in [-0.25, -0.2) is 0 Å². The molecule has 2 heteroatoms. The second kappa shape index (κ2) is 5.26. The first-order valence-electron chi connectivity index (χ1n) is 7.44. The fourth-order valence-electron chi connectivity index (χ4n) is 3.02. The molecule has 0 amide bonds. The van der Waals surface area contributed by atoms with Crippen LogP contribution in [0.5, 0.6) is 0 Å². The first-order chi connectivity index (χ1) is 9.22. The van der Waals surface area contributed by atoms with E-state index in [9.17, 15) is 0 Å². The molecule has 102 valence electrons. The van der Waals surface area contributed by atoms with Gasteiger partial charge in [-0.2, -0.15) is 0 Å². The van der Waals surface area contributed by atoms with E-state index < -0.39 is 0 Å². The summed E-state index contributed by atoms with van der Waals surface area (Å²) in [5, 5.41) is 5.14. The van der Waals surface area contributed by atoms with Gasteiger partial charge in [0.15, 0.2) is 0 Å². The SMILES string of the molecule is CCC1(CNC(C)c2cc3ccccc3s2)CCC1. The third-order valence-corrected chi connectivity index (χ3v) is 6.12. The van der Waals surface area contributed by atoms with Gasteiger partial charge in [-0.3, -0.25) is 0 Å². The molecule has 0 saturated heterocycles. The topological polar surface area (TPSA) is 12.0 Å². The van der Waals surface area contributed by atoms with Crippen molar-refractivity contribution in [3.8, 4) is 0 Å². The van der Waals surface area contributed by atoms with Gasteiger partial charge < -0.3 is 5.32 Å². The van der Waals surface area contributed by atoms with Crippen molar-refractivity contribution in [3.05, 3.63) is 35.2 Å². The van der Waals surface area contributed by atoms with Gasteiger partial charge in [0.25, 0.3) is 0 Å². The minimum Gasteiger partial charge on any atom is -0.309 e. The normalized spacial score (nSPS) is 19.3. The van der Waals surface area contributed by atoms with Gasteiger partial charge in [0, 0.05) is 22.2 Å². The van der Waals surface area contributed by atoms with Gasteiger partial charge in [0.2, 0.25) is 0 Å². The van der Waals surface area contributed by atoms with Crippen LogP contribution in [0.25, 0.3) is 10.1 Å². The highest BCUT2D eigenvalue weighted by molar-refractivity contribution is 7.19. The zero-order valence-corrected chi connectivity index (χ0v) is 12.7. The highest BCUT2D eigenvalue weighted by Crippen LogP contribution is 2.43. The zero-order valence-electron chi connectivity index (χ0n) is 11.9. The number of benzene rings is 1.